The first-order valence-corrected chi connectivity index (χ1v) is 5.65. The number of carbonyl (C=O) groups excluding carboxylic acids is 1. The van der Waals surface area contributed by atoms with Gasteiger partial charge < -0.3 is 11.1 Å². The van der Waals surface area contributed by atoms with Crippen LogP contribution in [0.2, 0.25) is 5.02 Å². The van der Waals surface area contributed by atoms with E-state index in [1.807, 2.05) is 0 Å². The van der Waals surface area contributed by atoms with Gasteiger partial charge in [-0.15, -0.1) is 0 Å². The standard InChI is InChI=1S/C13H9ClF2N2O/c14-8-1-7(2-11(17)3-8)13(19)18-12-5-9(15)4-10(16)6-12/h1-6H,17H2,(H,18,19). The van der Waals surface area contributed by atoms with Crippen LogP contribution in [-0.4, -0.2) is 5.91 Å². The summed E-state index contributed by atoms with van der Waals surface area (Å²) >= 11 is 5.77. The minimum absolute atomic E-state index is 0.0149. The van der Waals surface area contributed by atoms with Crippen LogP contribution in [0.15, 0.2) is 36.4 Å². The molecule has 3 nitrogen and oxygen atoms in total. The van der Waals surface area contributed by atoms with Gasteiger partial charge in [0.15, 0.2) is 0 Å². The molecule has 0 aliphatic rings. The van der Waals surface area contributed by atoms with Gasteiger partial charge in [0, 0.05) is 28.0 Å². The lowest BCUT2D eigenvalue weighted by Crippen LogP contribution is -2.12. The number of benzene rings is 2. The maximum absolute atomic E-state index is 13.0. The van der Waals surface area contributed by atoms with Crippen LogP contribution in [0.3, 0.4) is 0 Å². The molecule has 0 radical (unpaired) electrons. The highest BCUT2D eigenvalue weighted by atomic mass is 35.5. The van der Waals surface area contributed by atoms with Gasteiger partial charge in [-0.2, -0.15) is 0 Å². The second-order valence-electron chi connectivity index (χ2n) is 3.89. The summed E-state index contributed by atoms with van der Waals surface area (Å²) in [5, 5.41) is 2.66. The van der Waals surface area contributed by atoms with Crippen molar-refractivity contribution in [1.29, 1.82) is 0 Å². The molecule has 2 aromatic rings. The molecule has 0 spiro atoms. The Morgan fingerprint density at radius 2 is 1.68 bits per heavy atom. The zero-order valence-corrected chi connectivity index (χ0v) is 10.3. The maximum Gasteiger partial charge on any atom is 0.255 e. The van der Waals surface area contributed by atoms with E-state index in [0.29, 0.717) is 16.8 Å². The predicted octanol–water partition coefficient (Wildman–Crippen LogP) is 3.45. The number of halogens is 3. The highest BCUT2D eigenvalue weighted by molar-refractivity contribution is 6.31. The normalized spacial score (nSPS) is 10.3. The monoisotopic (exact) mass is 282 g/mol. The van der Waals surface area contributed by atoms with Crippen molar-refractivity contribution in [2.75, 3.05) is 11.1 Å². The van der Waals surface area contributed by atoms with Gasteiger partial charge in [-0.1, -0.05) is 11.6 Å². The lowest BCUT2D eigenvalue weighted by Gasteiger charge is -2.07. The Bertz CT molecular complexity index is 606. The minimum atomic E-state index is -0.777. The quantitative estimate of drug-likeness (QED) is 0.829. The average molecular weight is 283 g/mol. The fraction of sp³-hybridized carbons (Fsp3) is 0. The minimum Gasteiger partial charge on any atom is -0.399 e. The van der Waals surface area contributed by atoms with E-state index in [0.717, 1.165) is 12.1 Å². The van der Waals surface area contributed by atoms with Crippen LogP contribution < -0.4 is 11.1 Å². The van der Waals surface area contributed by atoms with Crippen LogP contribution in [0.4, 0.5) is 20.2 Å². The Morgan fingerprint density at radius 3 is 2.26 bits per heavy atom. The Balaban J connectivity index is 2.25. The summed E-state index contributed by atoms with van der Waals surface area (Å²) in [5.74, 6) is -2.11. The molecular formula is C13H9ClF2N2O. The number of hydrogen-bond donors (Lipinski definition) is 2. The largest absolute Gasteiger partial charge is 0.399 e. The SMILES string of the molecule is Nc1cc(Cl)cc(C(=O)Nc2cc(F)cc(F)c2)c1. The van der Waals surface area contributed by atoms with Gasteiger partial charge in [0.25, 0.3) is 5.91 Å². The predicted molar refractivity (Wildman–Crippen MR) is 70.2 cm³/mol. The van der Waals surface area contributed by atoms with Gasteiger partial charge in [-0.05, 0) is 30.3 Å². The molecule has 1 amide bonds. The summed E-state index contributed by atoms with van der Waals surface area (Å²) in [4.78, 5) is 11.9. The second-order valence-corrected chi connectivity index (χ2v) is 4.32. The number of hydrogen-bond acceptors (Lipinski definition) is 2. The summed E-state index contributed by atoms with van der Waals surface area (Å²) in [6.45, 7) is 0. The fourth-order valence-corrected chi connectivity index (χ4v) is 1.82. The van der Waals surface area contributed by atoms with E-state index in [1.165, 1.54) is 18.2 Å². The lowest BCUT2D eigenvalue weighted by molar-refractivity contribution is 0.102. The highest BCUT2D eigenvalue weighted by Gasteiger charge is 2.09. The molecule has 0 bridgehead atoms. The fourth-order valence-electron chi connectivity index (χ4n) is 1.57. The van der Waals surface area contributed by atoms with Crippen LogP contribution in [0.1, 0.15) is 10.4 Å². The van der Waals surface area contributed by atoms with E-state index in [2.05, 4.69) is 5.32 Å². The van der Waals surface area contributed by atoms with E-state index in [-0.39, 0.29) is 11.3 Å². The molecule has 0 unspecified atom stereocenters. The van der Waals surface area contributed by atoms with Crippen molar-refractivity contribution < 1.29 is 13.6 Å². The number of amides is 1. The molecule has 0 saturated heterocycles. The van der Waals surface area contributed by atoms with Gasteiger partial charge in [0.05, 0.1) is 0 Å². The molecule has 19 heavy (non-hydrogen) atoms. The third kappa shape index (κ3) is 3.42. The summed E-state index contributed by atoms with van der Waals surface area (Å²) in [7, 11) is 0. The van der Waals surface area contributed by atoms with Crippen LogP contribution in [0, 0.1) is 11.6 Å². The molecule has 2 aromatic carbocycles. The van der Waals surface area contributed by atoms with Crippen LogP contribution in [0.5, 0.6) is 0 Å². The number of nitrogens with two attached hydrogens (primary N) is 1. The van der Waals surface area contributed by atoms with Gasteiger partial charge in [-0.25, -0.2) is 8.78 Å². The van der Waals surface area contributed by atoms with E-state index in [4.69, 9.17) is 17.3 Å². The average Bonchev–Trinajstić information content (AvgIpc) is 2.25. The second kappa shape index (κ2) is 5.24. The first kappa shape index (κ1) is 13.3. The van der Waals surface area contributed by atoms with E-state index >= 15 is 0 Å². The van der Waals surface area contributed by atoms with Gasteiger partial charge >= 0.3 is 0 Å². The molecule has 98 valence electrons. The Hall–Kier alpha value is -2.14. The van der Waals surface area contributed by atoms with Crippen molar-refractivity contribution in [3.8, 4) is 0 Å². The van der Waals surface area contributed by atoms with E-state index < -0.39 is 17.5 Å². The first-order valence-electron chi connectivity index (χ1n) is 5.27. The molecule has 0 fully saturated rings. The van der Waals surface area contributed by atoms with Crippen LogP contribution >= 0.6 is 11.6 Å². The molecule has 0 aromatic heterocycles. The number of nitrogens with one attached hydrogen (secondary N) is 1. The third-order valence-corrected chi connectivity index (χ3v) is 2.52. The number of rotatable bonds is 2. The molecular weight excluding hydrogens is 274 g/mol. The first-order chi connectivity index (χ1) is 8.94. The molecule has 0 aliphatic heterocycles. The van der Waals surface area contributed by atoms with Gasteiger partial charge in [0.1, 0.15) is 11.6 Å². The molecule has 0 atom stereocenters. The van der Waals surface area contributed by atoms with E-state index in [1.54, 1.807) is 0 Å². The number of carbonyl (C=O) groups is 1. The van der Waals surface area contributed by atoms with Gasteiger partial charge in [0.2, 0.25) is 0 Å². The molecule has 0 saturated carbocycles. The molecule has 3 N–H and O–H groups in total. The van der Waals surface area contributed by atoms with Crippen molar-refractivity contribution in [3.63, 3.8) is 0 Å². The highest BCUT2D eigenvalue weighted by Crippen LogP contribution is 2.19. The third-order valence-electron chi connectivity index (χ3n) is 2.30. The zero-order valence-electron chi connectivity index (χ0n) is 9.58. The van der Waals surface area contributed by atoms with E-state index in [9.17, 15) is 13.6 Å². The summed E-state index contributed by atoms with van der Waals surface area (Å²) in [6, 6.07) is 7.04. The van der Waals surface area contributed by atoms with Gasteiger partial charge in [-0.3, -0.25) is 4.79 Å². The summed E-state index contributed by atoms with van der Waals surface area (Å²) in [6.07, 6.45) is 0. The summed E-state index contributed by atoms with van der Waals surface area (Å²) < 4.78 is 26.0. The Kier molecular flexibility index (Phi) is 3.66. The number of anilines is 2. The van der Waals surface area contributed by atoms with Crippen molar-refractivity contribution in [1.82, 2.24) is 0 Å². The molecule has 0 aliphatic carbocycles. The maximum atomic E-state index is 13.0. The molecule has 6 heteroatoms. The Morgan fingerprint density at radius 1 is 1.05 bits per heavy atom. The van der Waals surface area contributed by atoms with Crippen molar-refractivity contribution in [2.24, 2.45) is 0 Å². The van der Waals surface area contributed by atoms with Crippen LogP contribution in [0.25, 0.3) is 0 Å². The smallest absolute Gasteiger partial charge is 0.255 e. The van der Waals surface area contributed by atoms with Crippen molar-refractivity contribution in [3.05, 3.63) is 58.6 Å². The van der Waals surface area contributed by atoms with Crippen LogP contribution in [-0.2, 0) is 0 Å². The van der Waals surface area contributed by atoms with Crippen molar-refractivity contribution in [2.45, 2.75) is 0 Å². The zero-order chi connectivity index (χ0) is 14.0. The topological polar surface area (TPSA) is 55.1 Å². The molecule has 2 rings (SSSR count). The summed E-state index contributed by atoms with van der Waals surface area (Å²) in [5.41, 5.74) is 6.09. The number of nitrogen functional groups attached to an aromatic ring is 1. The molecule has 0 heterocycles. The lowest BCUT2D eigenvalue weighted by atomic mass is 10.2. The Labute approximate surface area is 113 Å². The van der Waals surface area contributed by atoms with Crippen molar-refractivity contribution >= 4 is 28.9 Å².